The normalized spacial score (nSPS) is 11.3. The molecule has 0 heterocycles. The third-order valence-corrected chi connectivity index (χ3v) is 2.77. The van der Waals surface area contributed by atoms with Crippen LogP contribution < -0.4 is 5.73 Å². The minimum absolute atomic E-state index is 0.00310. The van der Waals surface area contributed by atoms with E-state index < -0.39 is 5.41 Å². The van der Waals surface area contributed by atoms with Crippen molar-refractivity contribution >= 4 is 5.91 Å². The number of amides is 1. The molecule has 3 N–H and O–H groups in total. The number of nitrogens with two attached hydrogens (primary N) is 1. The van der Waals surface area contributed by atoms with Crippen molar-refractivity contribution in [3.63, 3.8) is 0 Å². The van der Waals surface area contributed by atoms with Gasteiger partial charge in [-0.25, -0.2) is 0 Å². The van der Waals surface area contributed by atoms with Crippen LogP contribution in [0.25, 0.3) is 0 Å². The number of phenols is 1. The van der Waals surface area contributed by atoms with Crippen molar-refractivity contribution in [3.8, 4) is 5.75 Å². The van der Waals surface area contributed by atoms with E-state index in [4.69, 9.17) is 5.73 Å². The molecule has 1 aromatic rings. The molecule has 1 aromatic carbocycles. The molecule has 0 spiro atoms. The van der Waals surface area contributed by atoms with Gasteiger partial charge in [-0.05, 0) is 31.5 Å². The van der Waals surface area contributed by atoms with E-state index in [0.29, 0.717) is 13.1 Å². The smallest absolute Gasteiger partial charge is 0.229 e. The van der Waals surface area contributed by atoms with Crippen molar-refractivity contribution in [2.75, 3.05) is 13.6 Å². The first kappa shape index (κ1) is 13.5. The van der Waals surface area contributed by atoms with Crippen molar-refractivity contribution in [1.29, 1.82) is 0 Å². The molecule has 0 aromatic heterocycles. The van der Waals surface area contributed by atoms with Gasteiger partial charge in [0.05, 0.1) is 5.41 Å². The highest BCUT2D eigenvalue weighted by Gasteiger charge is 2.28. The largest absolute Gasteiger partial charge is 0.508 e. The summed E-state index contributed by atoms with van der Waals surface area (Å²) in [4.78, 5) is 13.7. The number of aromatic hydroxyl groups is 1. The zero-order valence-electron chi connectivity index (χ0n) is 10.6. The van der Waals surface area contributed by atoms with Gasteiger partial charge in [-0.2, -0.15) is 0 Å². The molecule has 0 bridgehead atoms. The fourth-order valence-electron chi connectivity index (χ4n) is 1.60. The number of carbonyl (C=O) groups is 1. The molecule has 94 valence electrons. The van der Waals surface area contributed by atoms with Crippen LogP contribution in [0.1, 0.15) is 19.4 Å². The summed E-state index contributed by atoms with van der Waals surface area (Å²) >= 11 is 0. The maximum Gasteiger partial charge on any atom is 0.229 e. The fraction of sp³-hybridized carbons (Fsp3) is 0.462. The molecule has 1 rings (SSSR count). The highest BCUT2D eigenvalue weighted by atomic mass is 16.3. The molecule has 0 radical (unpaired) electrons. The Balaban J connectivity index is 2.73. The molecular weight excluding hydrogens is 216 g/mol. The Kier molecular flexibility index (Phi) is 4.12. The lowest BCUT2D eigenvalue weighted by molar-refractivity contribution is -0.139. The third-order valence-electron chi connectivity index (χ3n) is 2.77. The second kappa shape index (κ2) is 5.19. The molecular formula is C13H20N2O2. The average Bonchev–Trinajstić information content (AvgIpc) is 2.28. The van der Waals surface area contributed by atoms with Crippen molar-refractivity contribution in [3.05, 3.63) is 29.8 Å². The summed E-state index contributed by atoms with van der Waals surface area (Å²) in [6, 6.07) is 6.89. The number of phenolic OH excluding ortho intramolecular Hbond substituents is 1. The van der Waals surface area contributed by atoms with Crippen LogP contribution in [0.3, 0.4) is 0 Å². The van der Waals surface area contributed by atoms with Crippen LogP contribution >= 0.6 is 0 Å². The molecule has 0 atom stereocenters. The van der Waals surface area contributed by atoms with Gasteiger partial charge in [-0.1, -0.05) is 12.1 Å². The van der Waals surface area contributed by atoms with E-state index in [1.165, 1.54) is 0 Å². The van der Waals surface area contributed by atoms with E-state index in [2.05, 4.69) is 0 Å². The van der Waals surface area contributed by atoms with E-state index in [9.17, 15) is 9.90 Å². The van der Waals surface area contributed by atoms with Crippen LogP contribution in [-0.4, -0.2) is 29.5 Å². The monoisotopic (exact) mass is 236 g/mol. The van der Waals surface area contributed by atoms with Gasteiger partial charge in [0.25, 0.3) is 0 Å². The predicted molar refractivity (Wildman–Crippen MR) is 67.4 cm³/mol. The minimum Gasteiger partial charge on any atom is -0.508 e. The molecule has 4 nitrogen and oxygen atoms in total. The average molecular weight is 236 g/mol. The standard InChI is InChI=1S/C13H20N2O2/c1-13(2,9-14)12(17)15(3)8-10-5-4-6-11(16)7-10/h4-7,16H,8-9,14H2,1-3H3. The first-order valence-electron chi connectivity index (χ1n) is 5.60. The van der Waals surface area contributed by atoms with Crippen molar-refractivity contribution in [1.82, 2.24) is 4.90 Å². The third kappa shape index (κ3) is 3.46. The fourth-order valence-corrected chi connectivity index (χ4v) is 1.60. The van der Waals surface area contributed by atoms with Crippen molar-refractivity contribution in [2.24, 2.45) is 11.1 Å². The van der Waals surface area contributed by atoms with Crippen molar-refractivity contribution in [2.45, 2.75) is 20.4 Å². The number of rotatable bonds is 4. The Morgan fingerprint density at radius 1 is 1.47 bits per heavy atom. The summed E-state index contributed by atoms with van der Waals surface area (Å²) in [5.74, 6) is 0.213. The molecule has 0 aliphatic heterocycles. The number of nitrogens with zero attached hydrogens (tertiary/aromatic N) is 1. The summed E-state index contributed by atoms with van der Waals surface area (Å²) in [6.07, 6.45) is 0. The van der Waals surface area contributed by atoms with Crippen LogP contribution in [0.4, 0.5) is 0 Å². The maximum absolute atomic E-state index is 12.1. The van der Waals surface area contributed by atoms with Crippen LogP contribution in [0, 0.1) is 5.41 Å². The predicted octanol–water partition coefficient (Wildman–Crippen LogP) is 1.34. The summed E-state index contributed by atoms with van der Waals surface area (Å²) in [5.41, 5.74) is 5.92. The van der Waals surface area contributed by atoms with E-state index in [1.54, 1.807) is 30.1 Å². The summed E-state index contributed by atoms with van der Waals surface area (Å²) in [7, 11) is 1.74. The molecule has 0 fully saturated rings. The van der Waals surface area contributed by atoms with Gasteiger partial charge in [-0.15, -0.1) is 0 Å². The van der Waals surface area contributed by atoms with Gasteiger partial charge >= 0.3 is 0 Å². The lowest BCUT2D eigenvalue weighted by atomic mass is 9.92. The highest BCUT2D eigenvalue weighted by Crippen LogP contribution is 2.19. The Morgan fingerprint density at radius 3 is 2.65 bits per heavy atom. The van der Waals surface area contributed by atoms with Gasteiger partial charge in [-0.3, -0.25) is 4.79 Å². The molecule has 0 saturated heterocycles. The van der Waals surface area contributed by atoms with E-state index in [0.717, 1.165) is 5.56 Å². The lowest BCUT2D eigenvalue weighted by Crippen LogP contribution is -2.42. The zero-order valence-corrected chi connectivity index (χ0v) is 10.6. The number of hydrogen-bond donors (Lipinski definition) is 2. The second-order valence-electron chi connectivity index (χ2n) is 4.92. The maximum atomic E-state index is 12.1. The Labute approximate surface area is 102 Å². The molecule has 0 aliphatic carbocycles. The summed E-state index contributed by atoms with van der Waals surface area (Å²) in [5, 5.41) is 9.35. The van der Waals surface area contributed by atoms with Gasteiger partial charge in [0.2, 0.25) is 5.91 Å². The highest BCUT2D eigenvalue weighted by molar-refractivity contribution is 5.81. The zero-order chi connectivity index (χ0) is 13.1. The molecule has 17 heavy (non-hydrogen) atoms. The van der Waals surface area contributed by atoms with Crippen LogP contribution in [0.15, 0.2) is 24.3 Å². The summed E-state index contributed by atoms with van der Waals surface area (Å²) < 4.78 is 0. The van der Waals surface area contributed by atoms with Gasteiger partial charge in [0.1, 0.15) is 5.75 Å². The molecule has 0 saturated carbocycles. The molecule has 4 heteroatoms. The van der Waals surface area contributed by atoms with Crippen molar-refractivity contribution < 1.29 is 9.90 Å². The van der Waals surface area contributed by atoms with Gasteiger partial charge in [0.15, 0.2) is 0 Å². The Bertz CT molecular complexity index is 402. The molecule has 0 aliphatic rings. The number of hydrogen-bond acceptors (Lipinski definition) is 3. The summed E-state index contributed by atoms with van der Waals surface area (Å²) in [6.45, 7) is 4.44. The Morgan fingerprint density at radius 2 is 2.12 bits per heavy atom. The van der Waals surface area contributed by atoms with Gasteiger partial charge < -0.3 is 15.7 Å². The minimum atomic E-state index is -0.550. The topological polar surface area (TPSA) is 66.6 Å². The lowest BCUT2D eigenvalue weighted by Gasteiger charge is -2.28. The first-order chi connectivity index (χ1) is 7.86. The number of benzene rings is 1. The molecule has 0 unspecified atom stereocenters. The van der Waals surface area contributed by atoms with E-state index >= 15 is 0 Å². The van der Waals surface area contributed by atoms with Crippen LogP contribution in [0.2, 0.25) is 0 Å². The quantitative estimate of drug-likeness (QED) is 0.829. The second-order valence-corrected chi connectivity index (χ2v) is 4.92. The van der Waals surface area contributed by atoms with E-state index in [-0.39, 0.29) is 11.7 Å². The van der Waals surface area contributed by atoms with Gasteiger partial charge in [0, 0.05) is 20.1 Å². The van der Waals surface area contributed by atoms with Crippen LogP contribution in [0.5, 0.6) is 5.75 Å². The molecule has 1 amide bonds. The SMILES string of the molecule is CN(Cc1cccc(O)c1)C(=O)C(C)(C)CN. The van der Waals surface area contributed by atoms with E-state index in [1.807, 2.05) is 19.9 Å². The first-order valence-corrected chi connectivity index (χ1v) is 5.60. The Hall–Kier alpha value is -1.55. The number of carbonyl (C=O) groups excluding carboxylic acids is 1. The van der Waals surface area contributed by atoms with Crippen LogP contribution in [-0.2, 0) is 11.3 Å².